The van der Waals surface area contributed by atoms with E-state index in [1.54, 1.807) is 28.6 Å². The largest absolute Gasteiger partial charge is 0.487 e. The smallest absolute Gasteiger partial charge is 0.242 e. The Balaban J connectivity index is 1.38. The third kappa shape index (κ3) is 6.35. The second kappa shape index (κ2) is 11.1. The number of halogens is 2. The summed E-state index contributed by atoms with van der Waals surface area (Å²) in [5.74, 6) is -0.359. The maximum atomic E-state index is 13.0. The minimum Gasteiger partial charge on any atom is -0.487 e. The Hall–Kier alpha value is -2.69. The molecule has 1 saturated heterocycles. The molecular weight excluding hydrogens is 525 g/mol. The lowest BCUT2D eigenvalue weighted by Gasteiger charge is -2.24. The van der Waals surface area contributed by atoms with Gasteiger partial charge in [-0.3, -0.25) is 19.8 Å². The minimum absolute atomic E-state index is 0.0282. The predicted molar refractivity (Wildman–Crippen MR) is 139 cm³/mol. The second-order valence-corrected chi connectivity index (χ2v) is 11.2. The van der Waals surface area contributed by atoms with Crippen LogP contribution in [0, 0.1) is 11.3 Å². The maximum absolute atomic E-state index is 13.0. The van der Waals surface area contributed by atoms with Crippen molar-refractivity contribution in [3.8, 4) is 5.75 Å². The number of rotatable bonds is 11. The van der Waals surface area contributed by atoms with E-state index >= 15 is 0 Å². The number of thiazole rings is 1. The number of likely N-dealkylation sites (tertiary alicyclic amines) is 1. The van der Waals surface area contributed by atoms with Crippen LogP contribution in [0.25, 0.3) is 0 Å². The van der Waals surface area contributed by atoms with Crippen LogP contribution in [0.2, 0.25) is 0 Å². The van der Waals surface area contributed by atoms with E-state index in [1.165, 1.54) is 18.3 Å². The van der Waals surface area contributed by atoms with Crippen molar-refractivity contribution < 1.29 is 19.1 Å². The summed E-state index contributed by atoms with van der Waals surface area (Å²) in [5.41, 5.74) is 3.08. The quantitative estimate of drug-likeness (QED) is 0.290. The third-order valence-electron chi connectivity index (χ3n) is 6.27. The molecule has 0 bridgehead atoms. The number of hydrogen-bond donors (Lipinski definition) is 3. The standard InChI is InChI=1S/C24H27Cl2N5O4S/c1-14(32)22(27)18-7-17(35-11-16-12-36-13-30-16)4-5-19(18)28-10-21(33)31-6-2-3-20(31)23(34)29-9-15-8-24(15,25)26/h4-5,7,12-13,15,20,27-28H,2-3,6,8-11H2,1H3,(H,29,34)/t15-,20+/m1/s1. The lowest BCUT2D eigenvalue weighted by molar-refractivity contribution is -0.137. The zero-order valence-corrected chi connectivity index (χ0v) is 22.0. The van der Waals surface area contributed by atoms with Gasteiger partial charge in [0.1, 0.15) is 28.4 Å². The highest BCUT2D eigenvalue weighted by Crippen LogP contribution is 2.52. The van der Waals surface area contributed by atoms with Gasteiger partial charge in [-0.1, -0.05) is 0 Å². The fraction of sp³-hybridized carbons (Fsp3) is 0.458. The van der Waals surface area contributed by atoms with Crippen LogP contribution >= 0.6 is 34.5 Å². The first-order valence-corrected chi connectivity index (χ1v) is 13.3. The fourth-order valence-electron chi connectivity index (χ4n) is 4.07. The van der Waals surface area contributed by atoms with E-state index in [0.29, 0.717) is 42.9 Å². The average molecular weight is 552 g/mol. The molecule has 192 valence electrons. The molecule has 12 heteroatoms. The van der Waals surface area contributed by atoms with Crippen LogP contribution < -0.4 is 15.4 Å². The predicted octanol–water partition coefficient (Wildman–Crippen LogP) is 3.39. The van der Waals surface area contributed by atoms with Gasteiger partial charge in [0.05, 0.1) is 17.7 Å². The fourth-order valence-corrected chi connectivity index (χ4v) is 5.14. The van der Waals surface area contributed by atoms with Gasteiger partial charge in [-0.25, -0.2) is 4.98 Å². The van der Waals surface area contributed by atoms with E-state index < -0.39 is 16.2 Å². The molecule has 0 radical (unpaired) electrons. The molecule has 1 aromatic carbocycles. The highest BCUT2D eigenvalue weighted by molar-refractivity contribution is 7.07. The molecule has 2 atom stereocenters. The number of ether oxygens (including phenoxy) is 1. The van der Waals surface area contributed by atoms with Crippen LogP contribution in [-0.4, -0.2) is 63.2 Å². The zero-order valence-electron chi connectivity index (χ0n) is 19.7. The number of benzene rings is 1. The number of aromatic nitrogens is 1. The molecule has 1 aromatic heterocycles. The molecule has 3 N–H and O–H groups in total. The summed E-state index contributed by atoms with van der Waals surface area (Å²) in [4.78, 5) is 43.3. The van der Waals surface area contributed by atoms with Gasteiger partial charge in [0.2, 0.25) is 11.8 Å². The van der Waals surface area contributed by atoms with Gasteiger partial charge in [-0.2, -0.15) is 0 Å². The topological polar surface area (TPSA) is 124 Å². The Kier molecular flexibility index (Phi) is 8.17. The molecule has 9 nitrogen and oxygen atoms in total. The number of Topliss-reactive ketones (excluding diaryl/α,β-unsaturated/α-hetero) is 1. The Morgan fingerprint density at radius 1 is 1.33 bits per heavy atom. The molecule has 2 aromatic rings. The summed E-state index contributed by atoms with van der Waals surface area (Å²) < 4.78 is 4.98. The molecule has 2 aliphatic rings. The average Bonchev–Trinajstić information content (AvgIpc) is 3.29. The first kappa shape index (κ1) is 26.4. The number of carbonyl (C=O) groups is 3. The van der Waals surface area contributed by atoms with Crippen LogP contribution in [0.4, 0.5) is 5.69 Å². The van der Waals surface area contributed by atoms with Crippen molar-refractivity contribution in [2.45, 2.75) is 43.2 Å². The molecule has 2 fully saturated rings. The number of hydrogen-bond acceptors (Lipinski definition) is 8. The number of amides is 2. The summed E-state index contributed by atoms with van der Waals surface area (Å²) in [6.07, 6.45) is 1.95. The van der Waals surface area contributed by atoms with Gasteiger partial charge in [0, 0.05) is 42.6 Å². The molecule has 1 aliphatic heterocycles. The number of anilines is 1. The number of carbonyl (C=O) groups excluding carboxylic acids is 3. The zero-order chi connectivity index (χ0) is 25.9. The number of nitrogens with one attached hydrogen (secondary N) is 3. The van der Waals surface area contributed by atoms with Crippen LogP contribution in [0.3, 0.4) is 0 Å². The maximum Gasteiger partial charge on any atom is 0.242 e. The second-order valence-electron chi connectivity index (χ2n) is 8.91. The van der Waals surface area contributed by atoms with Crippen LogP contribution in [0.5, 0.6) is 5.75 Å². The third-order valence-corrected chi connectivity index (χ3v) is 7.83. The van der Waals surface area contributed by atoms with Crippen molar-refractivity contribution in [1.82, 2.24) is 15.2 Å². The molecule has 2 amide bonds. The molecule has 1 saturated carbocycles. The normalized spacial score (nSPS) is 20.0. The number of nitrogens with zero attached hydrogens (tertiary/aromatic N) is 2. The monoisotopic (exact) mass is 551 g/mol. The Morgan fingerprint density at radius 2 is 2.11 bits per heavy atom. The SMILES string of the molecule is CC(=O)C(=N)c1cc(OCc2cscn2)ccc1NCC(=O)N1CCC[C@H]1C(=O)NC[C@H]1CC1(Cl)Cl. The Bertz CT molecular complexity index is 1160. The lowest BCUT2D eigenvalue weighted by Crippen LogP contribution is -2.48. The van der Waals surface area contributed by atoms with E-state index in [2.05, 4.69) is 15.6 Å². The summed E-state index contributed by atoms with van der Waals surface area (Å²) in [6, 6.07) is 4.42. The minimum atomic E-state index is -0.769. The highest BCUT2D eigenvalue weighted by Gasteiger charge is 2.51. The Morgan fingerprint density at radius 3 is 2.78 bits per heavy atom. The summed E-state index contributed by atoms with van der Waals surface area (Å²) in [6.45, 7) is 2.35. The number of ketones is 1. The van der Waals surface area contributed by atoms with Crippen LogP contribution in [-0.2, 0) is 21.0 Å². The number of alkyl halides is 2. The molecule has 2 heterocycles. The van der Waals surface area contributed by atoms with Gasteiger partial charge in [-0.15, -0.1) is 34.5 Å². The highest BCUT2D eigenvalue weighted by atomic mass is 35.5. The molecule has 1 aliphatic carbocycles. The van der Waals surface area contributed by atoms with Crippen molar-refractivity contribution in [2.75, 3.05) is 25.0 Å². The van der Waals surface area contributed by atoms with Gasteiger partial charge in [0.15, 0.2) is 5.78 Å². The van der Waals surface area contributed by atoms with Crippen LogP contribution in [0.15, 0.2) is 29.1 Å². The molecule has 4 rings (SSSR count). The molecular formula is C24H27Cl2N5O4S. The summed E-state index contributed by atoms with van der Waals surface area (Å²) >= 11 is 13.5. The van der Waals surface area contributed by atoms with E-state index in [1.807, 2.05) is 5.38 Å². The lowest BCUT2D eigenvalue weighted by atomic mass is 10.0. The van der Waals surface area contributed by atoms with Gasteiger partial charge < -0.3 is 20.3 Å². The summed E-state index contributed by atoms with van der Waals surface area (Å²) in [5, 5.41) is 16.0. The van der Waals surface area contributed by atoms with Gasteiger partial charge in [-0.05, 0) is 37.5 Å². The van der Waals surface area contributed by atoms with Gasteiger partial charge in [0.25, 0.3) is 0 Å². The molecule has 36 heavy (non-hydrogen) atoms. The van der Waals surface area contributed by atoms with Crippen LogP contribution in [0.1, 0.15) is 37.4 Å². The first-order chi connectivity index (χ1) is 17.2. The van der Waals surface area contributed by atoms with Crippen molar-refractivity contribution in [3.05, 3.63) is 40.3 Å². The van der Waals surface area contributed by atoms with Crippen molar-refractivity contribution in [2.24, 2.45) is 5.92 Å². The van der Waals surface area contributed by atoms with E-state index in [9.17, 15) is 14.4 Å². The molecule has 0 unspecified atom stereocenters. The van der Waals surface area contributed by atoms with E-state index in [0.717, 1.165) is 12.1 Å². The molecule has 0 spiro atoms. The Labute approximate surface area is 223 Å². The van der Waals surface area contributed by atoms with Crippen molar-refractivity contribution in [1.29, 1.82) is 5.41 Å². The van der Waals surface area contributed by atoms with Crippen molar-refractivity contribution in [3.63, 3.8) is 0 Å². The van der Waals surface area contributed by atoms with Gasteiger partial charge >= 0.3 is 0 Å². The first-order valence-electron chi connectivity index (χ1n) is 11.6. The van der Waals surface area contributed by atoms with E-state index in [4.69, 9.17) is 33.3 Å². The van der Waals surface area contributed by atoms with E-state index in [-0.39, 0.29) is 36.6 Å². The van der Waals surface area contributed by atoms with Crippen molar-refractivity contribution >= 4 is 63.5 Å². The summed E-state index contributed by atoms with van der Waals surface area (Å²) in [7, 11) is 0.